The van der Waals surface area contributed by atoms with Crippen LogP contribution in [0.5, 0.6) is 0 Å². The first-order valence-electron chi connectivity index (χ1n) is 19.6. The minimum atomic E-state index is -3.38. The van der Waals surface area contributed by atoms with Crippen molar-refractivity contribution in [1.82, 2.24) is 0 Å². The van der Waals surface area contributed by atoms with Crippen LogP contribution >= 0.6 is 0 Å². The summed E-state index contributed by atoms with van der Waals surface area (Å²) in [6.07, 6.45) is 0. The van der Waals surface area contributed by atoms with Crippen molar-refractivity contribution in [2.75, 3.05) is 0 Å². The fourth-order valence-electron chi connectivity index (χ4n) is 9.30. The van der Waals surface area contributed by atoms with Crippen LogP contribution in [0.3, 0.4) is 0 Å². The molecule has 10 rings (SSSR count). The molecule has 0 N–H and O–H groups in total. The van der Waals surface area contributed by atoms with Gasteiger partial charge < -0.3 is 24.8 Å². The number of benzene rings is 8. The van der Waals surface area contributed by atoms with Gasteiger partial charge in [-0.25, -0.2) is 0 Å². The quantitative estimate of drug-likeness (QED) is 0.149. The molecule has 0 saturated carbocycles. The number of rotatable bonds is 8. The normalized spacial score (nSPS) is 14.1. The molecule has 0 amide bonds. The minimum absolute atomic E-state index is 0. The zero-order valence-electron chi connectivity index (χ0n) is 31.8. The second-order valence-corrected chi connectivity index (χ2v) is 20.7. The van der Waals surface area contributed by atoms with Crippen LogP contribution in [0.25, 0.3) is 27.8 Å². The Kier molecular flexibility index (Phi) is 12.0. The van der Waals surface area contributed by atoms with Gasteiger partial charge in [-0.15, -0.1) is 0 Å². The second-order valence-electron chi connectivity index (χ2n) is 14.6. The van der Waals surface area contributed by atoms with Crippen LogP contribution in [0.1, 0.15) is 54.1 Å². The van der Waals surface area contributed by atoms with Crippen molar-refractivity contribution in [3.63, 3.8) is 0 Å². The summed E-state index contributed by atoms with van der Waals surface area (Å²) in [5, 5.41) is 0. The monoisotopic (exact) mass is 860 g/mol. The first-order valence-corrected chi connectivity index (χ1v) is 23.5. The van der Waals surface area contributed by atoms with E-state index in [1.165, 1.54) is 75.6 Å². The van der Waals surface area contributed by atoms with Crippen molar-refractivity contribution in [2.24, 2.45) is 0 Å². The molecule has 8 aromatic rings. The molecule has 58 heavy (non-hydrogen) atoms. The Morgan fingerprint density at radius 2 is 0.707 bits per heavy atom. The van der Waals surface area contributed by atoms with Crippen molar-refractivity contribution in [1.29, 1.82) is 0 Å². The Bertz CT molecular complexity index is 2670. The van der Waals surface area contributed by atoms with Crippen molar-refractivity contribution < 1.29 is 46.1 Å². The van der Waals surface area contributed by atoms with E-state index in [0.29, 0.717) is 0 Å². The molecule has 0 spiro atoms. The molecule has 8 aromatic carbocycles. The molecule has 0 fully saturated rings. The third-order valence-corrected chi connectivity index (χ3v) is 20.0. The molecule has 1 atom stereocenters. The van der Waals surface area contributed by atoms with Crippen LogP contribution in [0, 0.1) is 0 Å². The third kappa shape index (κ3) is 7.07. The summed E-state index contributed by atoms with van der Waals surface area (Å²) in [6.45, 7) is 0. The van der Waals surface area contributed by atoms with Gasteiger partial charge in [0.05, 0.1) is 0 Å². The van der Waals surface area contributed by atoms with Gasteiger partial charge in [-0.3, -0.25) is 0 Å². The molecule has 0 nitrogen and oxygen atoms in total. The Hall–Kier alpha value is -5.43. The van der Waals surface area contributed by atoms with Crippen LogP contribution in [-0.4, -0.2) is 3.21 Å². The summed E-state index contributed by atoms with van der Waals surface area (Å²) >= 11 is -3.38. The van der Waals surface area contributed by atoms with Crippen LogP contribution in [0.2, 0.25) is 0 Å². The van der Waals surface area contributed by atoms with Crippen LogP contribution in [0.15, 0.2) is 234 Å². The molecule has 3 heteroatoms. The van der Waals surface area contributed by atoms with Gasteiger partial charge in [0.15, 0.2) is 0 Å². The van der Waals surface area contributed by atoms with Gasteiger partial charge in [0, 0.05) is 0 Å². The van der Waals surface area contributed by atoms with Crippen LogP contribution in [0.4, 0.5) is 0 Å². The van der Waals surface area contributed by atoms with Gasteiger partial charge >= 0.3 is 340 Å². The first kappa shape index (κ1) is 39.4. The Morgan fingerprint density at radius 3 is 1.17 bits per heavy atom. The van der Waals surface area contributed by atoms with Gasteiger partial charge in [0.25, 0.3) is 0 Å². The molecule has 0 radical (unpaired) electrons. The van der Waals surface area contributed by atoms with Crippen molar-refractivity contribution in [2.45, 2.75) is 9.54 Å². The number of allylic oxidation sites excluding steroid dienone is 4. The predicted molar refractivity (Wildman–Crippen MR) is 232 cm³/mol. The average molecular weight is 863 g/mol. The zero-order valence-corrected chi connectivity index (χ0v) is 35.8. The van der Waals surface area contributed by atoms with Gasteiger partial charge in [0.2, 0.25) is 0 Å². The predicted octanol–water partition coefficient (Wildman–Crippen LogP) is 7.47. The fourth-order valence-corrected chi connectivity index (χ4v) is 19.4. The van der Waals surface area contributed by atoms with Crippen molar-refractivity contribution in [3.05, 3.63) is 278 Å². The summed E-state index contributed by atoms with van der Waals surface area (Å²) in [4.78, 5) is 0. The molecule has 0 saturated heterocycles. The standard InChI is InChI=1S/C29H21.C13H9.C13H10.2ClH.Zr/c1-5-13-22(14-6-1)26-21-27(23-15-7-2-8-16-23)29(25-19-11-4-12-20-25)28(26)24-17-9-3-10-18-24;1-3-7-12-10(5-1)9-11-6-2-4-8-13(11)12;1-3-7-12(8-4-1)11-13-9-5-2-6-10-13;;;/h1-20,26H;1-9H;1-10H;2*1H;/q;;;;;+2/p-2. The van der Waals surface area contributed by atoms with Gasteiger partial charge in [0.1, 0.15) is 0 Å². The van der Waals surface area contributed by atoms with Crippen LogP contribution in [-0.2, 0) is 21.3 Å². The van der Waals surface area contributed by atoms with E-state index in [-0.39, 0.29) is 34.4 Å². The first-order chi connectivity index (χ1) is 27.9. The molecule has 0 aliphatic heterocycles. The number of hydrogen-bond acceptors (Lipinski definition) is 0. The second kappa shape index (κ2) is 17.6. The van der Waals surface area contributed by atoms with Gasteiger partial charge in [-0.2, -0.15) is 0 Å². The van der Waals surface area contributed by atoms with E-state index in [9.17, 15) is 0 Å². The molecule has 2 aliphatic carbocycles. The van der Waals surface area contributed by atoms with E-state index in [0.717, 1.165) is 0 Å². The van der Waals surface area contributed by atoms with Gasteiger partial charge in [-0.1, -0.05) is 0 Å². The maximum atomic E-state index is 2.44. The summed E-state index contributed by atoms with van der Waals surface area (Å²) in [6, 6.07) is 86.5. The Labute approximate surface area is 362 Å². The maximum absolute atomic E-state index is 3.38. The number of halogens is 2. The van der Waals surface area contributed by atoms with Gasteiger partial charge in [-0.05, 0) is 0 Å². The molecule has 0 heterocycles. The zero-order chi connectivity index (χ0) is 37.3. The molecule has 0 bridgehead atoms. The van der Waals surface area contributed by atoms with E-state index in [2.05, 4.69) is 231 Å². The average Bonchev–Trinajstić information content (AvgIpc) is 3.81. The summed E-state index contributed by atoms with van der Waals surface area (Å²) < 4.78 is 3.41. The molecular weight excluding hydrogens is 823 g/mol. The Morgan fingerprint density at radius 1 is 0.345 bits per heavy atom. The summed E-state index contributed by atoms with van der Waals surface area (Å²) in [5.74, 6) is 0.0424. The third-order valence-electron chi connectivity index (χ3n) is 11.5. The van der Waals surface area contributed by atoms with E-state index in [4.69, 9.17) is 0 Å². The molecule has 1 unspecified atom stereocenters. The van der Waals surface area contributed by atoms with Crippen molar-refractivity contribution in [3.8, 4) is 11.1 Å². The van der Waals surface area contributed by atoms with Crippen molar-refractivity contribution >= 4 is 19.9 Å². The molecule has 278 valence electrons. The SMILES string of the molecule is [Cl-].[Cl-].c1ccc(C2=C(c3ccccc3)C(c3ccccc3)[C]([Zr+2](=[C](c3ccccc3)c3ccccc3)[CH]3c4ccccc4-c4ccccc43)=C2c2ccccc2)cc1. The Balaban J connectivity index is 0.00000235. The van der Waals surface area contributed by atoms with E-state index >= 15 is 0 Å². The topological polar surface area (TPSA) is 0 Å². The molecule has 2 aliphatic rings. The fraction of sp³-hybridized carbons (Fsp3) is 0.0364. The summed E-state index contributed by atoms with van der Waals surface area (Å²) in [5.41, 5.74) is 17.7. The number of fused-ring (bicyclic) bond motifs is 3. The van der Waals surface area contributed by atoms with Crippen LogP contribution < -0.4 is 24.8 Å². The van der Waals surface area contributed by atoms with E-state index in [1.54, 1.807) is 3.28 Å². The summed E-state index contributed by atoms with van der Waals surface area (Å²) in [7, 11) is 0. The number of hydrogen-bond donors (Lipinski definition) is 0. The molecule has 0 aromatic heterocycles. The van der Waals surface area contributed by atoms with E-state index in [1.807, 2.05) is 0 Å². The molecular formula is C55H40Cl2Zr. The van der Waals surface area contributed by atoms with E-state index < -0.39 is 21.3 Å².